The fourth-order valence-electron chi connectivity index (χ4n) is 1.60. The first kappa shape index (κ1) is 12.1. The van der Waals surface area contributed by atoms with Gasteiger partial charge in [-0.05, 0) is 0 Å². The molecular formula is C11H9F3O3. The van der Waals surface area contributed by atoms with Crippen molar-refractivity contribution in [1.82, 2.24) is 0 Å². The van der Waals surface area contributed by atoms with Crippen LogP contribution in [0.3, 0.4) is 0 Å². The van der Waals surface area contributed by atoms with E-state index in [4.69, 9.17) is 9.47 Å². The van der Waals surface area contributed by atoms with E-state index in [0.717, 1.165) is 6.07 Å². The van der Waals surface area contributed by atoms with Gasteiger partial charge in [0.05, 0.1) is 13.2 Å². The Balaban J connectivity index is 2.37. The second kappa shape index (κ2) is 4.46. The van der Waals surface area contributed by atoms with Gasteiger partial charge in [-0.25, -0.2) is 0 Å². The van der Waals surface area contributed by atoms with Gasteiger partial charge in [-0.1, -0.05) is 24.3 Å². The zero-order chi connectivity index (χ0) is 12.5. The molecule has 1 aliphatic heterocycles. The zero-order valence-electron chi connectivity index (χ0n) is 8.66. The maximum absolute atomic E-state index is 12.4. The molecule has 0 N–H and O–H groups in total. The maximum Gasteiger partial charge on any atom is 0.454 e. The lowest BCUT2D eigenvalue weighted by Crippen LogP contribution is -2.24. The number of ether oxygens (including phenoxy) is 2. The summed E-state index contributed by atoms with van der Waals surface area (Å²) in [5.74, 6) is -1.88. The van der Waals surface area contributed by atoms with Crippen LogP contribution in [-0.2, 0) is 9.47 Å². The normalized spacial score (nSPS) is 17.4. The van der Waals surface area contributed by atoms with Gasteiger partial charge in [0.1, 0.15) is 0 Å². The van der Waals surface area contributed by atoms with E-state index in [9.17, 15) is 18.0 Å². The first-order chi connectivity index (χ1) is 8.00. The Labute approximate surface area is 95.1 Å². The minimum Gasteiger partial charge on any atom is -0.346 e. The summed E-state index contributed by atoms with van der Waals surface area (Å²) in [6, 6.07) is 5.43. The van der Waals surface area contributed by atoms with E-state index in [-0.39, 0.29) is 5.56 Å². The number of hydrogen-bond donors (Lipinski definition) is 0. The smallest absolute Gasteiger partial charge is 0.346 e. The molecule has 3 nitrogen and oxygen atoms in total. The molecule has 17 heavy (non-hydrogen) atoms. The molecule has 0 saturated carbocycles. The molecule has 0 bridgehead atoms. The minimum atomic E-state index is -4.89. The van der Waals surface area contributed by atoms with E-state index in [2.05, 4.69) is 0 Å². The number of benzene rings is 1. The molecule has 2 rings (SSSR count). The predicted molar refractivity (Wildman–Crippen MR) is 51.5 cm³/mol. The Morgan fingerprint density at radius 2 is 1.76 bits per heavy atom. The average Bonchev–Trinajstić information content (AvgIpc) is 2.80. The monoisotopic (exact) mass is 246 g/mol. The molecule has 1 heterocycles. The number of alkyl halides is 3. The van der Waals surface area contributed by atoms with Gasteiger partial charge >= 0.3 is 6.18 Å². The summed E-state index contributed by atoms with van der Waals surface area (Å²) in [6.07, 6.45) is -5.79. The van der Waals surface area contributed by atoms with Gasteiger partial charge in [-0.2, -0.15) is 13.2 Å². The maximum atomic E-state index is 12.4. The molecule has 0 aliphatic carbocycles. The fraction of sp³-hybridized carbons (Fsp3) is 0.364. The average molecular weight is 246 g/mol. The summed E-state index contributed by atoms with van der Waals surface area (Å²) in [6.45, 7) is 0.610. The third kappa shape index (κ3) is 2.48. The van der Waals surface area contributed by atoms with E-state index in [0.29, 0.717) is 13.2 Å². The van der Waals surface area contributed by atoms with Crippen LogP contribution in [0, 0.1) is 0 Å². The van der Waals surface area contributed by atoms with E-state index in [1.807, 2.05) is 0 Å². The van der Waals surface area contributed by atoms with Crippen molar-refractivity contribution < 1.29 is 27.4 Å². The molecule has 0 aromatic heterocycles. The largest absolute Gasteiger partial charge is 0.454 e. The number of halogens is 3. The summed E-state index contributed by atoms with van der Waals surface area (Å²) in [5.41, 5.74) is -0.306. The first-order valence-corrected chi connectivity index (χ1v) is 4.94. The van der Waals surface area contributed by atoms with Crippen molar-refractivity contribution in [2.24, 2.45) is 0 Å². The van der Waals surface area contributed by atoms with Crippen LogP contribution in [0.5, 0.6) is 0 Å². The molecule has 0 atom stereocenters. The Kier molecular flexibility index (Phi) is 3.17. The Morgan fingerprint density at radius 1 is 1.18 bits per heavy atom. The molecule has 1 saturated heterocycles. The van der Waals surface area contributed by atoms with Gasteiger partial charge in [0.2, 0.25) is 0 Å². The molecule has 1 aromatic carbocycles. The van der Waals surface area contributed by atoms with E-state index < -0.39 is 23.8 Å². The quantitative estimate of drug-likeness (QED) is 0.752. The van der Waals surface area contributed by atoms with Crippen LogP contribution in [0.25, 0.3) is 0 Å². The predicted octanol–water partition coefficient (Wildman–Crippen LogP) is 2.48. The lowest BCUT2D eigenvalue weighted by atomic mass is 10.0. The highest BCUT2D eigenvalue weighted by Crippen LogP contribution is 2.30. The standard InChI is InChI=1S/C11H9F3O3/c12-11(13,14)9(15)7-3-1-2-4-8(7)10-16-5-6-17-10/h1-4,10H,5-6H2. The minimum absolute atomic E-state index is 0.118. The second-order valence-corrected chi connectivity index (χ2v) is 3.49. The van der Waals surface area contributed by atoms with Crippen LogP contribution in [0.1, 0.15) is 22.2 Å². The van der Waals surface area contributed by atoms with Crippen LogP contribution < -0.4 is 0 Å². The second-order valence-electron chi connectivity index (χ2n) is 3.49. The van der Waals surface area contributed by atoms with Crippen molar-refractivity contribution in [3.05, 3.63) is 35.4 Å². The number of ketones is 1. The summed E-state index contributed by atoms with van der Waals surface area (Å²) < 4.78 is 47.3. The van der Waals surface area contributed by atoms with Crippen molar-refractivity contribution in [2.75, 3.05) is 13.2 Å². The summed E-state index contributed by atoms with van der Waals surface area (Å²) in [7, 11) is 0. The molecule has 6 heteroatoms. The van der Waals surface area contributed by atoms with Crippen molar-refractivity contribution in [3.63, 3.8) is 0 Å². The number of carbonyl (C=O) groups excluding carboxylic acids is 1. The van der Waals surface area contributed by atoms with Crippen LogP contribution >= 0.6 is 0 Å². The van der Waals surface area contributed by atoms with E-state index >= 15 is 0 Å². The number of Topliss-reactive ketones (excluding diaryl/α,β-unsaturated/α-hetero) is 1. The van der Waals surface area contributed by atoms with Gasteiger partial charge in [-0.15, -0.1) is 0 Å². The van der Waals surface area contributed by atoms with E-state index in [1.54, 1.807) is 0 Å². The number of carbonyl (C=O) groups is 1. The molecule has 0 amide bonds. The molecule has 92 valence electrons. The van der Waals surface area contributed by atoms with Crippen LogP contribution in [0.15, 0.2) is 24.3 Å². The third-order valence-corrected chi connectivity index (χ3v) is 2.34. The topological polar surface area (TPSA) is 35.5 Å². The Morgan fingerprint density at radius 3 is 2.35 bits per heavy atom. The first-order valence-electron chi connectivity index (χ1n) is 4.94. The lowest BCUT2D eigenvalue weighted by Gasteiger charge is -2.14. The van der Waals surface area contributed by atoms with Crippen molar-refractivity contribution >= 4 is 5.78 Å². The fourth-order valence-corrected chi connectivity index (χ4v) is 1.60. The number of rotatable bonds is 2. The van der Waals surface area contributed by atoms with Crippen LogP contribution in [0.4, 0.5) is 13.2 Å². The number of hydrogen-bond acceptors (Lipinski definition) is 3. The highest BCUT2D eigenvalue weighted by molar-refractivity contribution is 6.01. The lowest BCUT2D eigenvalue weighted by molar-refractivity contribution is -0.0893. The van der Waals surface area contributed by atoms with Gasteiger partial charge in [0.15, 0.2) is 6.29 Å². The molecule has 1 fully saturated rings. The van der Waals surface area contributed by atoms with Gasteiger partial charge < -0.3 is 9.47 Å². The SMILES string of the molecule is O=C(c1ccccc1C1OCCO1)C(F)(F)F. The molecule has 0 radical (unpaired) electrons. The highest BCUT2D eigenvalue weighted by atomic mass is 19.4. The Hall–Kier alpha value is -1.40. The van der Waals surface area contributed by atoms with Crippen LogP contribution in [0.2, 0.25) is 0 Å². The van der Waals surface area contributed by atoms with Gasteiger partial charge in [0.25, 0.3) is 5.78 Å². The van der Waals surface area contributed by atoms with Crippen LogP contribution in [-0.4, -0.2) is 25.2 Å². The highest BCUT2D eigenvalue weighted by Gasteiger charge is 2.41. The van der Waals surface area contributed by atoms with Gasteiger partial charge in [-0.3, -0.25) is 4.79 Å². The third-order valence-electron chi connectivity index (χ3n) is 2.34. The molecule has 0 spiro atoms. The molecule has 1 aliphatic rings. The summed E-state index contributed by atoms with van der Waals surface area (Å²) >= 11 is 0. The summed E-state index contributed by atoms with van der Waals surface area (Å²) in [4.78, 5) is 11.2. The summed E-state index contributed by atoms with van der Waals surface area (Å²) in [5, 5.41) is 0. The van der Waals surface area contributed by atoms with Crippen molar-refractivity contribution in [1.29, 1.82) is 0 Å². The molecule has 0 unspecified atom stereocenters. The van der Waals surface area contributed by atoms with Gasteiger partial charge in [0, 0.05) is 11.1 Å². The Bertz CT molecular complexity index is 422. The zero-order valence-corrected chi connectivity index (χ0v) is 8.66. The van der Waals surface area contributed by atoms with Crippen molar-refractivity contribution in [2.45, 2.75) is 12.5 Å². The van der Waals surface area contributed by atoms with E-state index in [1.165, 1.54) is 18.2 Å². The van der Waals surface area contributed by atoms with Crippen molar-refractivity contribution in [3.8, 4) is 0 Å². The molecular weight excluding hydrogens is 237 g/mol. The molecule has 1 aromatic rings.